The van der Waals surface area contributed by atoms with Gasteiger partial charge in [-0.1, -0.05) is 18.2 Å². The first-order chi connectivity index (χ1) is 13.3. The van der Waals surface area contributed by atoms with Crippen molar-refractivity contribution in [2.24, 2.45) is 0 Å². The highest BCUT2D eigenvalue weighted by Gasteiger charge is 2.10. The third kappa shape index (κ3) is 3.46. The smallest absolute Gasteiger partial charge is 0.226 e. The average molecular weight is 359 g/mol. The van der Waals surface area contributed by atoms with Crippen LogP contribution in [0.5, 0.6) is 0 Å². The van der Waals surface area contributed by atoms with Crippen LogP contribution in [-0.2, 0) is 11.3 Å². The first-order valence-corrected chi connectivity index (χ1v) is 9.08. The Morgan fingerprint density at radius 1 is 1.00 bits per heavy atom. The molecular weight excluding hydrogens is 338 g/mol. The molecule has 27 heavy (non-hydrogen) atoms. The standard InChI is InChI=1S/C21H21N5O/c1-2-26-18-7-4-3-6-16(18)17-14-15(8-9-19(17)26)25-20(27)10-13-24-21-22-11-5-12-23-21/h3-9,11-12,14H,2,10,13H2,1H3,(H,25,27)(H,22,23,24). The summed E-state index contributed by atoms with van der Waals surface area (Å²) >= 11 is 0. The minimum atomic E-state index is -0.0444. The molecule has 0 saturated carbocycles. The number of hydrogen-bond acceptors (Lipinski definition) is 4. The van der Waals surface area contributed by atoms with E-state index in [4.69, 9.17) is 0 Å². The van der Waals surface area contributed by atoms with Crippen LogP contribution in [0.1, 0.15) is 13.3 Å². The highest BCUT2D eigenvalue weighted by Crippen LogP contribution is 2.30. The first kappa shape index (κ1) is 17.0. The van der Waals surface area contributed by atoms with E-state index in [1.54, 1.807) is 18.5 Å². The van der Waals surface area contributed by atoms with Crippen molar-refractivity contribution in [2.45, 2.75) is 19.9 Å². The molecule has 1 amide bonds. The highest BCUT2D eigenvalue weighted by molar-refractivity contribution is 6.09. The number of nitrogens with zero attached hydrogens (tertiary/aromatic N) is 3. The summed E-state index contributed by atoms with van der Waals surface area (Å²) in [5.74, 6) is 0.483. The van der Waals surface area contributed by atoms with Gasteiger partial charge in [0.05, 0.1) is 0 Å². The second-order valence-corrected chi connectivity index (χ2v) is 6.29. The van der Waals surface area contributed by atoms with E-state index in [1.807, 2.05) is 12.1 Å². The molecule has 0 unspecified atom stereocenters. The van der Waals surface area contributed by atoms with Crippen LogP contribution in [-0.4, -0.2) is 27.0 Å². The molecule has 136 valence electrons. The molecule has 0 atom stereocenters. The Kier molecular flexibility index (Phi) is 4.70. The van der Waals surface area contributed by atoms with E-state index in [2.05, 4.69) is 62.4 Å². The quantitative estimate of drug-likeness (QED) is 0.545. The van der Waals surface area contributed by atoms with Crippen LogP contribution in [0, 0.1) is 0 Å². The number of carbonyl (C=O) groups is 1. The molecule has 6 heteroatoms. The molecule has 0 saturated heterocycles. The molecular formula is C21H21N5O. The van der Waals surface area contributed by atoms with E-state index in [9.17, 15) is 4.79 Å². The second kappa shape index (κ2) is 7.45. The van der Waals surface area contributed by atoms with Crippen LogP contribution in [0.4, 0.5) is 11.6 Å². The van der Waals surface area contributed by atoms with Gasteiger partial charge in [0.25, 0.3) is 0 Å². The van der Waals surface area contributed by atoms with Crippen LogP contribution in [0.3, 0.4) is 0 Å². The topological polar surface area (TPSA) is 71.8 Å². The number of rotatable bonds is 6. The number of aryl methyl sites for hydroxylation is 1. The fourth-order valence-corrected chi connectivity index (χ4v) is 3.37. The minimum absolute atomic E-state index is 0.0444. The Labute approximate surface area is 157 Å². The molecule has 2 aromatic carbocycles. The van der Waals surface area contributed by atoms with Crippen LogP contribution >= 0.6 is 0 Å². The number of fused-ring (bicyclic) bond motifs is 3. The molecule has 0 spiro atoms. The third-order valence-electron chi connectivity index (χ3n) is 4.57. The molecule has 2 aromatic heterocycles. The van der Waals surface area contributed by atoms with Gasteiger partial charge in [-0.3, -0.25) is 4.79 Å². The zero-order valence-electron chi connectivity index (χ0n) is 15.1. The molecule has 2 heterocycles. The first-order valence-electron chi connectivity index (χ1n) is 9.08. The van der Waals surface area contributed by atoms with Gasteiger partial charge in [0.1, 0.15) is 0 Å². The highest BCUT2D eigenvalue weighted by atomic mass is 16.1. The molecule has 6 nitrogen and oxygen atoms in total. The number of amides is 1. The van der Waals surface area contributed by atoms with E-state index in [0.29, 0.717) is 18.9 Å². The monoisotopic (exact) mass is 359 g/mol. The summed E-state index contributed by atoms with van der Waals surface area (Å²) < 4.78 is 2.29. The molecule has 2 N–H and O–H groups in total. The zero-order valence-corrected chi connectivity index (χ0v) is 15.1. The summed E-state index contributed by atoms with van der Waals surface area (Å²) in [4.78, 5) is 20.4. The van der Waals surface area contributed by atoms with Gasteiger partial charge in [0.2, 0.25) is 11.9 Å². The number of hydrogen-bond donors (Lipinski definition) is 2. The van der Waals surface area contributed by atoms with E-state index in [-0.39, 0.29) is 5.91 Å². The van der Waals surface area contributed by atoms with E-state index in [1.165, 1.54) is 16.4 Å². The molecule has 0 bridgehead atoms. The molecule has 0 aliphatic carbocycles. The predicted octanol–water partition coefficient (Wildman–Crippen LogP) is 4.05. The van der Waals surface area contributed by atoms with E-state index < -0.39 is 0 Å². The van der Waals surface area contributed by atoms with Gasteiger partial charge >= 0.3 is 0 Å². The van der Waals surface area contributed by atoms with Crippen molar-refractivity contribution < 1.29 is 4.79 Å². The number of benzene rings is 2. The Balaban J connectivity index is 1.49. The third-order valence-corrected chi connectivity index (χ3v) is 4.57. The van der Waals surface area contributed by atoms with Crippen molar-refractivity contribution in [1.82, 2.24) is 14.5 Å². The van der Waals surface area contributed by atoms with Crippen molar-refractivity contribution in [1.29, 1.82) is 0 Å². The van der Waals surface area contributed by atoms with Gasteiger partial charge in [-0.2, -0.15) is 0 Å². The van der Waals surface area contributed by atoms with Crippen molar-refractivity contribution in [3.8, 4) is 0 Å². The normalized spacial score (nSPS) is 11.0. The lowest BCUT2D eigenvalue weighted by Gasteiger charge is -2.07. The van der Waals surface area contributed by atoms with Gasteiger partial charge < -0.3 is 15.2 Å². The van der Waals surface area contributed by atoms with Crippen molar-refractivity contribution in [3.05, 3.63) is 60.9 Å². The minimum Gasteiger partial charge on any atom is -0.354 e. The second-order valence-electron chi connectivity index (χ2n) is 6.29. The average Bonchev–Trinajstić information content (AvgIpc) is 3.02. The number of carbonyl (C=O) groups excluding carboxylic acids is 1. The molecule has 0 aliphatic heterocycles. The lowest BCUT2D eigenvalue weighted by molar-refractivity contribution is -0.115. The molecule has 4 rings (SSSR count). The van der Waals surface area contributed by atoms with Crippen molar-refractivity contribution >= 4 is 39.3 Å². The predicted molar refractivity (Wildman–Crippen MR) is 109 cm³/mol. The number of aromatic nitrogens is 3. The Morgan fingerprint density at radius 2 is 1.78 bits per heavy atom. The summed E-state index contributed by atoms with van der Waals surface area (Å²) in [6.45, 7) is 3.53. The summed E-state index contributed by atoms with van der Waals surface area (Å²) in [6.07, 6.45) is 3.67. The fraction of sp³-hybridized carbons (Fsp3) is 0.190. The van der Waals surface area contributed by atoms with Crippen molar-refractivity contribution in [2.75, 3.05) is 17.2 Å². The van der Waals surface area contributed by atoms with Crippen LogP contribution < -0.4 is 10.6 Å². The van der Waals surface area contributed by atoms with Gasteiger partial charge in [-0.05, 0) is 37.3 Å². The molecule has 0 radical (unpaired) electrons. The summed E-state index contributed by atoms with van der Waals surface area (Å²) in [7, 11) is 0. The number of para-hydroxylation sites is 1. The maximum Gasteiger partial charge on any atom is 0.226 e. The maximum atomic E-state index is 12.3. The SMILES string of the molecule is CCn1c2ccccc2c2cc(NC(=O)CCNc3ncccn3)ccc21. The summed E-state index contributed by atoms with van der Waals surface area (Å²) in [5, 5.41) is 8.38. The van der Waals surface area contributed by atoms with Gasteiger partial charge in [0, 0.05) is 59.4 Å². The maximum absolute atomic E-state index is 12.3. The Morgan fingerprint density at radius 3 is 2.59 bits per heavy atom. The lowest BCUT2D eigenvalue weighted by Crippen LogP contribution is -2.16. The van der Waals surface area contributed by atoms with Gasteiger partial charge in [-0.25, -0.2) is 9.97 Å². The molecule has 4 aromatic rings. The van der Waals surface area contributed by atoms with E-state index >= 15 is 0 Å². The molecule has 0 aliphatic rings. The lowest BCUT2D eigenvalue weighted by atomic mass is 10.1. The summed E-state index contributed by atoms with van der Waals surface area (Å²) in [6, 6.07) is 16.2. The van der Waals surface area contributed by atoms with Crippen LogP contribution in [0.25, 0.3) is 21.8 Å². The number of nitrogens with one attached hydrogen (secondary N) is 2. The fourth-order valence-electron chi connectivity index (χ4n) is 3.37. The number of anilines is 2. The zero-order chi connectivity index (χ0) is 18.6. The molecule has 0 fully saturated rings. The Hall–Kier alpha value is -3.41. The van der Waals surface area contributed by atoms with Crippen molar-refractivity contribution in [3.63, 3.8) is 0 Å². The van der Waals surface area contributed by atoms with Gasteiger partial charge in [-0.15, -0.1) is 0 Å². The van der Waals surface area contributed by atoms with Crippen LogP contribution in [0.15, 0.2) is 60.9 Å². The summed E-state index contributed by atoms with van der Waals surface area (Å²) in [5.41, 5.74) is 3.20. The van der Waals surface area contributed by atoms with Crippen LogP contribution in [0.2, 0.25) is 0 Å². The largest absolute Gasteiger partial charge is 0.354 e. The van der Waals surface area contributed by atoms with E-state index in [0.717, 1.165) is 17.6 Å². The Bertz CT molecular complexity index is 1090. The van der Waals surface area contributed by atoms with Gasteiger partial charge in [0.15, 0.2) is 0 Å².